The van der Waals surface area contributed by atoms with E-state index >= 15 is 0 Å². The first-order valence-electron chi connectivity index (χ1n) is 12.3. The van der Waals surface area contributed by atoms with Crippen LogP contribution in [0.25, 0.3) is 10.9 Å². The maximum Gasteiger partial charge on any atom is 0.270 e. The third-order valence-corrected chi connectivity index (χ3v) is 6.68. The van der Waals surface area contributed by atoms with Crippen molar-refractivity contribution in [2.45, 2.75) is 0 Å². The summed E-state index contributed by atoms with van der Waals surface area (Å²) in [5, 5.41) is 26.0. The molecule has 1 amide bonds. The number of rotatable bonds is 7. The molecule has 1 aliphatic heterocycles. The smallest absolute Gasteiger partial charge is 0.270 e. The number of aromatic amines is 1. The largest absolute Gasteiger partial charge is 0.494 e. The standard InChI is InChI=1S/C28H28N6O4.2ClH/c1-32(25(35)18-33-15-13-29-14-16-33)21-9-7-20(8-10-21)30-27(19-5-3-2-4-6-19)26-23-17-22(34(37)38)11-12-24(23)31-28(26)36;;/h2-12,17,29,31,36H,13-16,18H2,1H3;2*1H. The van der Waals surface area contributed by atoms with E-state index in [4.69, 9.17) is 4.99 Å². The third-order valence-electron chi connectivity index (χ3n) is 6.68. The predicted molar refractivity (Wildman–Crippen MR) is 162 cm³/mol. The minimum atomic E-state index is -0.467. The normalized spacial score (nSPS) is 13.8. The van der Waals surface area contributed by atoms with Crippen molar-refractivity contribution in [3.8, 4) is 5.88 Å². The van der Waals surface area contributed by atoms with Crippen molar-refractivity contribution < 1.29 is 14.8 Å². The van der Waals surface area contributed by atoms with Crippen molar-refractivity contribution in [3.05, 3.63) is 94.0 Å². The minimum Gasteiger partial charge on any atom is -0.494 e. The molecule has 1 aliphatic rings. The van der Waals surface area contributed by atoms with Gasteiger partial charge in [0, 0.05) is 67.5 Å². The Bertz CT molecular complexity index is 1500. The summed E-state index contributed by atoms with van der Waals surface area (Å²) in [4.78, 5) is 35.3. The van der Waals surface area contributed by atoms with Crippen LogP contribution in [-0.4, -0.2) is 71.3 Å². The summed E-state index contributed by atoms with van der Waals surface area (Å²) >= 11 is 0. The van der Waals surface area contributed by atoms with Crippen molar-refractivity contribution in [3.63, 3.8) is 0 Å². The number of carbonyl (C=O) groups is 1. The van der Waals surface area contributed by atoms with E-state index in [1.165, 1.54) is 12.1 Å². The van der Waals surface area contributed by atoms with Gasteiger partial charge in [-0.1, -0.05) is 30.3 Å². The first-order valence-corrected chi connectivity index (χ1v) is 12.3. The van der Waals surface area contributed by atoms with E-state index in [-0.39, 0.29) is 42.3 Å². The number of halogens is 2. The molecular formula is C28H30Cl2N6O4. The van der Waals surface area contributed by atoms with Gasteiger partial charge in [-0.3, -0.25) is 19.8 Å². The number of benzene rings is 3. The first kappa shape index (κ1) is 30.6. The number of amides is 1. The monoisotopic (exact) mass is 584 g/mol. The van der Waals surface area contributed by atoms with Crippen molar-refractivity contribution in [1.29, 1.82) is 0 Å². The molecule has 2 heterocycles. The lowest BCUT2D eigenvalue weighted by Crippen LogP contribution is -2.47. The third kappa shape index (κ3) is 6.60. The highest BCUT2D eigenvalue weighted by atomic mass is 35.5. The van der Waals surface area contributed by atoms with Crippen LogP contribution in [0.5, 0.6) is 5.88 Å². The molecule has 210 valence electrons. The topological polar surface area (TPSA) is 127 Å². The second kappa shape index (κ2) is 13.4. The molecule has 12 heteroatoms. The Labute approximate surface area is 243 Å². The fourth-order valence-electron chi connectivity index (χ4n) is 4.57. The Morgan fingerprint density at radius 1 is 1.05 bits per heavy atom. The second-order valence-corrected chi connectivity index (χ2v) is 9.16. The molecule has 4 aromatic rings. The molecule has 1 fully saturated rings. The quantitative estimate of drug-likeness (QED) is 0.165. The van der Waals surface area contributed by atoms with E-state index in [2.05, 4.69) is 15.2 Å². The lowest BCUT2D eigenvalue weighted by atomic mass is 10.0. The molecule has 0 bridgehead atoms. The lowest BCUT2D eigenvalue weighted by Gasteiger charge is -2.28. The van der Waals surface area contributed by atoms with Gasteiger partial charge in [0.15, 0.2) is 5.88 Å². The van der Waals surface area contributed by atoms with Gasteiger partial charge in [-0.25, -0.2) is 4.99 Å². The number of nitro groups is 1. The van der Waals surface area contributed by atoms with Crippen molar-refractivity contribution in [2.75, 3.05) is 44.7 Å². The van der Waals surface area contributed by atoms with E-state index in [1.807, 2.05) is 42.5 Å². The van der Waals surface area contributed by atoms with Crippen LogP contribution >= 0.6 is 24.8 Å². The number of nitro benzene ring substituents is 1. The Morgan fingerprint density at radius 3 is 2.38 bits per heavy atom. The van der Waals surface area contributed by atoms with Gasteiger partial charge >= 0.3 is 0 Å². The van der Waals surface area contributed by atoms with Gasteiger partial charge in [0.1, 0.15) is 0 Å². The average molecular weight is 585 g/mol. The number of nitrogens with zero attached hydrogens (tertiary/aromatic N) is 4. The van der Waals surface area contributed by atoms with Crippen LogP contribution in [0, 0.1) is 10.1 Å². The van der Waals surface area contributed by atoms with E-state index < -0.39 is 4.92 Å². The SMILES string of the molecule is CN(C(=O)CN1CCNCC1)c1ccc(N=C(c2ccccc2)c2c(O)[nH]c3ccc([N+](=O)[O-])cc23)cc1.Cl.Cl. The molecule has 40 heavy (non-hydrogen) atoms. The van der Waals surface area contributed by atoms with Crippen LogP contribution in [-0.2, 0) is 4.79 Å². The number of piperazine rings is 1. The van der Waals surface area contributed by atoms with Crippen LogP contribution < -0.4 is 10.2 Å². The van der Waals surface area contributed by atoms with Crippen molar-refractivity contribution >= 4 is 64.4 Å². The Morgan fingerprint density at radius 2 is 1.73 bits per heavy atom. The number of non-ortho nitro benzene ring substituents is 1. The summed E-state index contributed by atoms with van der Waals surface area (Å²) in [5.74, 6) is -0.114. The molecule has 0 spiro atoms. The van der Waals surface area contributed by atoms with Crippen molar-refractivity contribution in [1.82, 2.24) is 15.2 Å². The number of hydrogen-bond donors (Lipinski definition) is 3. The summed E-state index contributed by atoms with van der Waals surface area (Å²) in [6, 6.07) is 21.0. The number of nitrogens with one attached hydrogen (secondary N) is 2. The Kier molecular flexibility index (Phi) is 10.2. The van der Waals surface area contributed by atoms with E-state index in [0.29, 0.717) is 34.4 Å². The van der Waals surface area contributed by atoms with Gasteiger partial charge in [-0.05, 0) is 30.3 Å². The van der Waals surface area contributed by atoms with Gasteiger partial charge in [0.25, 0.3) is 5.69 Å². The van der Waals surface area contributed by atoms with E-state index in [0.717, 1.165) is 37.4 Å². The number of fused-ring (bicyclic) bond motifs is 1. The zero-order valence-corrected chi connectivity index (χ0v) is 23.4. The first-order chi connectivity index (χ1) is 18.4. The van der Waals surface area contributed by atoms with E-state index in [1.54, 1.807) is 30.1 Å². The average Bonchev–Trinajstić information content (AvgIpc) is 3.27. The summed E-state index contributed by atoms with van der Waals surface area (Å²) in [6.45, 7) is 3.82. The molecule has 0 aliphatic carbocycles. The molecule has 0 saturated carbocycles. The number of aromatic nitrogens is 1. The molecule has 0 radical (unpaired) electrons. The van der Waals surface area contributed by atoms with Gasteiger partial charge in [0.05, 0.1) is 28.4 Å². The summed E-state index contributed by atoms with van der Waals surface area (Å²) < 4.78 is 0. The number of carbonyl (C=O) groups excluding carboxylic acids is 1. The van der Waals surface area contributed by atoms with Crippen LogP contribution in [0.3, 0.4) is 0 Å². The number of anilines is 1. The number of hydrogen-bond acceptors (Lipinski definition) is 7. The number of aliphatic imine (C=N–C) groups is 1. The molecule has 0 atom stereocenters. The highest BCUT2D eigenvalue weighted by molar-refractivity contribution is 6.22. The lowest BCUT2D eigenvalue weighted by molar-refractivity contribution is -0.384. The van der Waals surface area contributed by atoms with Crippen LogP contribution in [0.1, 0.15) is 11.1 Å². The highest BCUT2D eigenvalue weighted by Gasteiger charge is 2.21. The number of H-pyrrole nitrogens is 1. The zero-order valence-electron chi connectivity index (χ0n) is 21.7. The number of aromatic hydroxyl groups is 1. The fraction of sp³-hybridized carbons (Fsp3) is 0.214. The second-order valence-electron chi connectivity index (χ2n) is 9.16. The van der Waals surface area contributed by atoms with Crippen LogP contribution in [0.15, 0.2) is 77.8 Å². The van der Waals surface area contributed by atoms with Gasteiger partial charge in [-0.2, -0.15) is 0 Å². The molecule has 3 aromatic carbocycles. The predicted octanol–water partition coefficient (Wildman–Crippen LogP) is 4.66. The Balaban J connectivity index is 0.00000220. The number of likely N-dealkylation sites (N-methyl/N-ethyl adjacent to an activating group) is 1. The molecular weight excluding hydrogens is 555 g/mol. The van der Waals surface area contributed by atoms with Gasteiger partial charge in [0.2, 0.25) is 5.91 Å². The fourth-order valence-corrected chi connectivity index (χ4v) is 4.57. The van der Waals surface area contributed by atoms with Gasteiger partial charge < -0.3 is 20.3 Å². The Hall–Kier alpha value is -3.96. The summed E-state index contributed by atoms with van der Waals surface area (Å²) in [5.41, 5.74) is 3.41. The van der Waals surface area contributed by atoms with E-state index in [9.17, 15) is 20.0 Å². The molecule has 3 N–H and O–H groups in total. The molecule has 0 unspecified atom stereocenters. The highest BCUT2D eigenvalue weighted by Crippen LogP contribution is 2.34. The summed E-state index contributed by atoms with van der Waals surface area (Å²) in [6.07, 6.45) is 0. The van der Waals surface area contributed by atoms with Crippen LogP contribution in [0.4, 0.5) is 17.1 Å². The molecule has 1 saturated heterocycles. The zero-order chi connectivity index (χ0) is 26.6. The van der Waals surface area contributed by atoms with Crippen molar-refractivity contribution in [2.24, 2.45) is 4.99 Å². The maximum absolute atomic E-state index is 12.8. The van der Waals surface area contributed by atoms with Crippen LogP contribution in [0.2, 0.25) is 0 Å². The minimum absolute atomic E-state index is 0. The molecule has 10 nitrogen and oxygen atoms in total. The van der Waals surface area contributed by atoms with Gasteiger partial charge in [-0.15, -0.1) is 24.8 Å². The maximum atomic E-state index is 12.8. The molecule has 1 aromatic heterocycles. The summed E-state index contributed by atoms with van der Waals surface area (Å²) in [7, 11) is 1.76. The molecule has 5 rings (SSSR count).